The number of nitrogens with one attached hydrogen (secondary N) is 1. The van der Waals surface area contributed by atoms with E-state index in [2.05, 4.69) is 17.1 Å². The van der Waals surface area contributed by atoms with E-state index in [1.54, 1.807) is 7.11 Å². The molecule has 5 nitrogen and oxygen atoms in total. The maximum absolute atomic E-state index is 12.2. The van der Waals surface area contributed by atoms with Crippen molar-refractivity contribution in [2.24, 2.45) is 0 Å². The van der Waals surface area contributed by atoms with Crippen LogP contribution < -0.4 is 11.1 Å². The molecule has 0 aliphatic carbocycles. The number of nitrogen functional groups attached to an aromatic ring is 1. The fourth-order valence-corrected chi connectivity index (χ4v) is 2.14. The first-order chi connectivity index (χ1) is 10.1. The highest BCUT2D eigenvalue weighted by molar-refractivity contribution is 5.81. The fourth-order valence-electron chi connectivity index (χ4n) is 2.14. The van der Waals surface area contributed by atoms with Crippen LogP contribution in [0.2, 0.25) is 0 Å². The maximum atomic E-state index is 12.2. The number of amides is 1. The molecule has 1 amide bonds. The topological polar surface area (TPSA) is 67.6 Å². The molecule has 3 N–H and O–H groups in total. The zero-order valence-electron chi connectivity index (χ0n) is 13.3. The van der Waals surface area contributed by atoms with Gasteiger partial charge in [-0.1, -0.05) is 19.1 Å². The number of benzene rings is 1. The Morgan fingerprint density at radius 3 is 2.62 bits per heavy atom. The van der Waals surface area contributed by atoms with Crippen LogP contribution in [0.3, 0.4) is 0 Å². The standard InChI is InChI=1S/C16H27N3O2/c1-4-10-19(12-14-5-7-15(17)8-6-14)13(2)16(20)18-9-11-21-3/h5-8,13H,4,9-12,17H2,1-3H3,(H,18,20). The summed E-state index contributed by atoms with van der Waals surface area (Å²) >= 11 is 0. The number of methoxy groups -OCH3 is 1. The summed E-state index contributed by atoms with van der Waals surface area (Å²) in [5, 5.41) is 2.89. The SMILES string of the molecule is CCCN(Cc1ccc(N)cc1)C(C)C(=O)NCCOC. The van der Waals surface area contributed by atoms with E-state index >= 15 is 0 Å². The number of hydrogen-bond acceptors (Lipinski definition) is 4. The lowest BCUT2D eigenvalue weighted by atomic mass is 10.1. The number of hydrogen-bond donors (Lipinski definition) is 2. The first-order valence-electron chi connectivity index (χ1n) is 7.43. The van der Waals surface area contributed by atoms with Crippen molar-refractivity contribution in [2.75, 3.05) is 32.5 Å². The number of carbonyl (C=O) groups excluding carboxylic acids is 1. The molecule has 1 aromatic rings. The van der Waals surface area contributed by atoms with Crippen molar-refractivity contribution in [3.8, 4) is 0 Å². The Labute approximate surface area is 127 Å². The molecule has 0 spiro atoms. The normalized spacial score (nSPS) is 12.4. The summed E-state index contributed by atoms with van der Waals surface area (Å²) in [6.07, 6.45) is 1.00. The summed E-state index contributed by atoms with van der Waals surface area (Å²) < 4.78 is 4.95. The van der Waals surface area contributed by atoms with Gasteiger partial charge < -0.3 is 15.8 Å². The number of anilines is 1. The second-order valence-corrected chi connectivity index (χ2v) is 5.17. The molecule has 0 bridgehead atoms. The largest absolute Gasteiger partial charge is 0.399 e. The van der Waals surface area contributed by atoms with Gasteiger partial charge in [-0.25, -0.2) is 0 Å². The molecule has 1 atom stereocenters. The number of rotatable bonds is 9. The lowest BCUT2D eigenvalue weighted by molar-refractivity contribution is -0.126. The maximum Gasteiger partial charge on any atom is 0.237 e. The Hall–Kier alpha value is -1.59. The van der Waals surface area contributed by atoms with Crippen molar-refractivity contribution in [3.63, 3.8) is 0 Å². The molecule has 1 unspecified atom stereocenters. The molecule has 0 saturated carbocycles. The van der Waals surface area contributed by atoms with Crippen LogP contribution in [-0.4, -0.2) is 43.7 Å². The summed E-state index contributed by atoms with van der Waals surface area (Å²) in [6.45, 7) is 6.75. The van der Waals surface area contributed by atoms with E-state index in [1.807, 2.05) is 31.2 Å². The Morgan fingerprint density at radius 1 is 1.38 bits per heavy atom. The van der Waals surface area contributed by atoms with E-state index in [0.29, 0.717) is 13.2 Å². The van der Waals surface area contributed by atoms with Gasteiger partial charge in [0, 0.05) is 25.9 Å². The van der Waals surface area contributed by atoms with Gasteiger partial charge in [-0.05, 0) is 37.6 Å². The van der Waals surface area contributed by atoms with Crippen LogP contribution >= 0.6 is 0 Å². The van der Waals surface area contributed by atoms with Gasteiger partial charge in [0.1, 0.15) is 0 Å². The lowest BCUT2D eigenvalue weighted by Crippen LogP contribution is -2.45. The van der Waals surface area contributed by atoms with Crippen molar-refractivity contribution >= 4 is 11.6 Å². The van der Waals surface area contributed by atoms with Gasteiger partial charge in [0.2, 0.25) is 5.91 Å². The third kappa shape index (κ3) is 6.14. The van der Waals surface area contributed by atoms with E-state index < -0.39 is 0 Å². The van der Waals surface area contributed by atoms with Gasteiger partial charge in [-0.2, -0.15) is 0 Å². The molecule has 1 aromatic carbocycles. The minimum atomic E-state index is -0.167. The van der Waals surface area contributed by atoms with Crippen LogP contribution in [0.25, 0.3) is 0 Å². The van der Waals surface area contributed by atoms with E-state index in [-0.39, 0.29) is 11.9 Å². The first kappa shape index (κ1) is 17.5. The molecule has 0 heterocycles. The van der Waals surface area contributed by atoms with Crippen LogP contribution in [-0.2, 0) is 16.1 Å². The van der Waals surface area contributed by atoms with Crippen molar-refractivity contribution in [3.05, 3.63) is 29.8 Å². The minimum Gasteiger partial charge on any atom is -0.399 e. The molecule has 0 aliphatic heterocycles. The first-order valence-corrected chi connectivity index (χ1v) is 7.43. The molecule has 0 fully saturated rings. The predicted molar refractivity (Wildman–Crippen MR) is 85.9 cm³/mol. The zero-order valence-corrected chi connectivity index (χ0v) is 13.3. The van der Waals surface area contributed by atoms with E-state index in [1.165, 1.54) is 0 Å². The summed E-state index contributed by atoms with van der Waals surface area (Å²) in [4.78, 5) is 14.3. The Balaban J connectivity index is 2.62. The molecule has 5 heteroatoms. The van der Waals surface area contributed by atoms with Crippen LogP contribution in [0.1, 0.15) is 25.8 Å². The summed E-state index contributed by atoms with van der Waals surface area (Å²) in [7, 11) is 1.63. The van der Waals surface area contributed by atoms with Crippen LogP contribution in [0, 0.1) is 0 Å². The third-order valence-corrected chi connectivity index (χ3v) is 3.41. The Morgan fingerprint density at radius 2 is 2.05 bits per heavy atom. The van der Waals surface area contributed by atoms with Crippen LogP contribution in [0.5, 0.6) is 0 Å². The van der Waals surface area contributed by atoms with E-state index in [4.69, 9.17) is 10.5 Å². The highest BCUT2D eigenvalue weighted by Crippen LogP contribution is 2.11. The second-order valence-electron chi connectivity index (χ2n) is 5.17. The van der Waals surface area contributed by atoms with Gasteiger partial charge in [-0.15, -0.1) is 0 Å². The zero-order chi connectivity index (χ0) is 15.7. The summed E-state index contributed by atoms with van der Waals surface area (Å²) in [5.74, 6) is 0.0379. The van der Waals surface area contributed by atoms with Crippen molar-refractivity contribution in [2.45, 2.75) is 32.9 Å². The average Bonchev–Trinajstić information content (AvgIpc) is 2.48. The van der Waals surface area contributed by atoms with Gasteiger partial charge >= 0.3 is 0 Å². The average molecular weight is 293 g/mol. The van der Waals surface area contributed by atoms with Crippen LogP contribution in [0.15, 0.2) is 24.3 Å². The highest BCUT2D eigenvalue weighted by Gasteiger charge is 2.20. The molecular weight excluding hydrogens is 266 g/mol. The number of nitrogens with two attached hydrogens (primary N) is 1. The summed E-state index contributed by atoms with van der Waals surface area (Å²) in [5.41, 5.74) is 7.62. The molecule has 0 radical (unpaired) electrons. The molecule has 0 aromatic heterocycles. The smallest absolute Gasteiger partial charge is 0.237 e. The molecule has 0 aliphatic rings. The van der Waals surface area contributed by atoms with Crippen molar-refractivity contribution in [1.29, 1.82) is 0 Å². The van der Waals surface area contributed by atoms with Gasteiger partial charge in [-0.3, -0.25) is 9.69 Å². The van der Waals surface area contributed by atoms with Crippen molar-refractivity contribution in [1.82, 2.24) is 10.2 Å². The predicted octanol–water partition coefficient (Wildman–Crippen LogP) is 1.63. The Kier molecular flexibility index (Phi) is 7.79. The minimum absolute atomic E-state index is 0.0379. The monoisotopic (exact) mass is 293 g/mol. The number of ether oxygens (including phenoxy) is 1. The van der Waals surface area contributed by atoms with E-state index in [0.717, 1.165) is 30.8 Å². The Bertz CT molecular complexity index is 420. The fraction of sp³-hybridized carbons (Fsp3) is 0.562. The number of carbonyl (C=O) groups is 1. The van der Waals surface area contributed by atoms with E-state index in [9.17, 15) is 4.79 Å². The van der Waals surface area contributed by atoms with Crippen LogP contribution in [0.4, 0.5) is 5.69 Å². The molecule has 1 rings (SSSR count). The van der Waals surface area contributed by atoms with Crippen molar-refractivity contribution < 1.29 is 9.53 Å². The van der Waals surface area contributed by atoms with Gasteiger partial charge in [0.15, 0.2) is 0 Å². The molecular formula is C16H27N3O2. The lowest BCUT2D eigenvalue weighted by Gasteiger charge is -2.28. The quantitative estimate of drug-likeness (QED) is 0.536. The summed E-state index contributed by atoms with van der Waals surface area (Å²) in [6, 6.07) is 7.63. The molecule has 21 heavy (non-hydrogen) atoms. The highest BCUT2D eigenvalue weighted by atomic mass is 16.5. The molecule has 0 saturated heterocycles. The second kappa shape index (κ2) is 9.37. The van der Waals surface area contributed by atoms with Gasteiger partial charge in [0.25, 0.3) is 0 Å². The molecule has 118 valence electrons. The van der Waals surface area contributed by atoms with Gasteiger partial charge in [0.05, 0.1) is 12.6 Å². The number of nitrogens with zero attached hydrogens (tertiary/aromatic N) is 1. The third-order valence-electron chi connectivity index (χ3n) is 3.41.